The molecule has 1 aromatic rings. The number of hydrogen-bond acceptors (Lipinski definition) is 3. The lowest BCUT2D eigenvalue weighted by molar-refractivity contribution is 0.199. The summed E-state index contributed by atoms with van der Waals surface area (Å²) < 4.78 is 7.03. The van der Waals surface area contributed by atoms with E-state index in [0.29, 0.717) is 5.92 Å². The molecule has 0 bridgehead atoms. The van der Waals surface area contributed by atoms with Gasteiger partial charge in [-0.1, -0.05) is 13.8 Å². The van der Waals surface area contributed by atoms with Crippen molar-refractivity contribution in [2.75, 3.05) is 20.3 Å². The number of rotatable bonds is 7. The Morgan fingerprint density at radius 2 is 2.25 bits per heavy atom. The van der Waals surface area contributed by atoms with Gasteiger partial charge in [-0.2, -0.15) is 5.10 Å². The van der Waals surface area contributed by atoms with E-state index < -0.39 is 0 Å². The van der Waals surface area contributed by atoms with E-state index in [1.807, 2.05) is 6.20 Å². The minimum absolute atomic E-state index is 0. The van der Waals surface area contributed by atoms with Crippen LogP contribution in [-0.2, 0) is 17.8 Å². The number of ether oxygens (including phenoxy) is 1. The Kier molecular flexibility index (Phi) is 8.25. The van der Waals surface area contributed by atoms with Crippen molar-refractivity contribution in [2.45, 2.75) is 26.9 Å². The summed E-state index contributed by atoms with van der Waals surface area (Å²) >= 11 is 0. The van der Waals surface area contributed by atoms with Crippen LogP contribution >= 0.6 is 12.4 Å². The lowest BCUT2D eigenvalue weighted by Gasteiger charge is -2.10. The molecular weight excluding hydrogens is 226 g/mol. The van der Waals surface area contributed by atoms with Crippen molar-refractivity contribution in [3.8, 4) is 0 Å². The number of halogens is 1. The van der Waals surface area contributed by atoms with Crippen LogP contribution in [0.15, 0.2) is 12.3 Å². The molecule has 0 spiro atoms. The van der Waals surface area contributed by atoms with E-state index in [9.17, 15) is 0 Å². The summed E-state index contributed by atoms with van der Waals surface area (Å²) in [5, 5.41) is 7.62. The molecule has 1 N–H and O–H groups in total. The second kappa shape index (κ2) is 8.56. The van der Waals surface area contributed by atoms with E-state index in [-0.39, 0.29) is 12.4 Å². The summed E-state index contributed by atoms with van der Waals surface area (Å²) in [7, 11) is 1.71. The predicted octanol–water partition coefficient (Wildman–Crippen LogP) is 1.70. The van der Waals surface area contributed by atoms with Gasteiger partial charge >= 0.3 is 0 Å². The third-order valence-corrected chi connectivity index (χ3v) is 2.13. The molecule has 4 nitrogen and oxygen atoms in total. The Balaban J connectivity index is 0.00000225. The highest BCUT2D eigenvalue weighted by Crippen LogP contribution is 2.03. The predicted molar refractivity (Wildman–Crippen MR) is 67.9 cm³/mol. The molecule has 0 aliphatic rings. The average molecular weight is 248 g/mol. The van der Waals surface area contributed by atoms with Crippen LogP contribution in [0, 0.1) is 5.92 Å². The summed E-state index contributed by atoms with van der Waals surface area (Å²) in [6, 6.07) is 2.06. The van der Waals surface area contributed by atoms with Crippen LogP contribution in [0.25, 0.3) is 0 Å². The summed E-state index contributed by atoms with van der Waals surface area (Å²) in [5.74, 6) is 0.627. The van der Waals surface area contributed by atoms with Gasteiger partial charge in [0.15, 0.2) is 0 Å². The molecule has 0 atom stereocenters. The summed E-state index contributed by atoms with van der Waals surface area (Å²) in [6.07, 6.45) is 1.86. The fourth-order valence-electron chi connectivity index (χ4n) is 1.41. The Morgan fingerprint density at radius 3 is 2.88 bits per heavy atom. The SMILES string of the molecule is COCCNCc1ccnn1CC(C)C.Cl. The van der Waals surface area contributed by atoms with Gasteiger partial charge in [0.05, 0.1) is 12.3 Å². The van der Waals surface area contributed by atoms with Crippen molar-refractivity contribution < 1.29 is 4.74 Å². The monoisotopic (exact) mass is 247 g/mol. The van der Waals surface area contributed by atoms with Crippen molar-refractivity contribution in [1.82, 2.24) is 15.1 Å². The van der Waals surface area contributed by atoms with Crippen molar-refractivity contribution in [2.24, 2.45) is 5.92 Å². The first kappa shape index (κ1) is 15.4. The molecule has 94 valence electrons. The Hall–Kier alpha value is -0.580. The molecule has 16 heavy (non-hydrogen) atoms. The normalized spacial score (nSPS) is 10.5. The second-order valence-corrected chi connectivity index (χ2v) is 4.07. The zero-order valence-electron chi connectivity index (χ0n) is 10.3. The number of methoxy groups -OCH3 is 1. The highest BCUT2D eigenvalue weighted by atomic mass is 35.5. The molecule has 5 heteroatoms. The second-order valence-electron chi connectivity index (χ2n) is 4.07. The standard InChI is InChI=1S/C11H21N3O.ClH/c1-10(2)9-14-11(4-5-13-14)8-12-6-7-15-3;/h4-5,10,12H,6-9H2,1-3H3;1H. The Labute approximate surface area is 104 Å². The number of nitrogens with one attached hydrogen (secondary N) is 1. The first-order valence-corrected chi connectivity index (χ1v) is 5.44. The molecule has 0 radical (unpaired) electrons. The highest BCUT2D eigenvalue weighted by Gasteiger charge is 2.03. The summed E-state index contributed by atoms with van der Waals surface area (Å²) in [4.78, 5) is 0. The first-order valence-electron chi connectivity index (χ1n) is 5.44. The Bertz CT molecular complexity index is 276. The number of aromatic nitrogens is 2. The van der Waals surface area contributed by atoms with Crippen LogP contribution in [0.4, 0.5) is 0 Å². The van der Waals surface area contributed by atoms with Crippen molar-refractivity contribution in [1.29, 1.82) is 0 Å². The molecule has 1 rings (SSSR count). The Morgan fingerprint density at radius 1 is 1.50 bits per heavy atom. The summed E-state index contributed by atoms with van der Waals surface area (Å²) in [5.41, 5.74) is 1.24. The van der Waals surface area contributed by atoms with E-state index >= 15 is 0 Å². The number of nitrogens with zero attached hydrogens (tertiary/aromatic N) is 2. The van der Waals surface area contributed by atoms with Crippen LogP contribution in [0.3, 0.4) is 0 Å². The molecule has 1 heterocycles. The third-order valence-electron chi connectivity index (χ3n) is 2.13. The third kappa shape index (κ3) is 5.49. The number of hydrogen-bond donors (Lipinski definition) is 1. The van der Waals surface area contributed by atoms with E-state index in [2.05, 4.69) is 35.0 Å². The molecule has 0 saturated carbocycles. The first-order chi connectivity index (χ1) is 7.24. The fourth-order valence-corrected chi connectivity index (χ4v) is 1.41. The molecule has 0 unspecified atom stereocenters. The molecule has 0 amide bonds. The molecule has 0 aliphatic heterocycles. The maximum atomic E-state index is 4.97. The van der Waals surface area contributed by atoms with Crippen LogP contribution in [0.2, 0.25) is 0 Å². The average Bonchev–Trinajstić information content (AvgIpc) is 2.59. The van der Waals surface area contributed by atoms with Gasteiger partial charge in [0.25, 0.3) is 0 Å². The van der Waals surface area contributed by atoms with Gasteiger partial charge in [0, 0.05) is 32.9 Å². The minimum Gasteiger partial charge on any atom is -0.383 e. The van der Waals surface area contributed by atoms with E-state index in [1.165, 1.54) is 5.69 Å². The van der Waals surface area contributed by atoms with E-state index in [0.717, 1.165) is 26.2 Å². The van der Waals surface area contributed by atoms with Crippen molar-refractivity contribution >= 4 is 12.4 Å². The zero-order chi connectivity index (χ0) is 11.1. The summed E-state index contributed by atoms with van der Waals surface area (Å²) in [6.45, 7) is 7.86. The van der Waals surface area contributed by atoms with Crippen molar-refractivity contribution in [3.63, 3.8) is 0 Å². The van der Waals surface area contributed by atoms with Crippen molar-refractivity contribution in [3.05, 3.63) is 18.0 Å². The van der Waals surface area contributed by atoms with Gasteiger partial charge in [-0.3, -0.25) is 4.68 Å². The molecule has 0 fully saturated rings. The van der Waals surface area contributed by atoms with Crippen LogP contribution in [-0.4, -0.2) is 30.0 Å². The van der Waals surface area contributed by atoms with E-state index in [1.54, 1.807) is 7.11 Å². The lowest BCUT2D eigenvalue weighted by Crippen LogP contribution is -2.21. The van der Waals surface area contributed by atoms with Gasteiger partial charge in [-0.05, 0) is 12.0 Å². The molecule has 1 aromatic heterocycles. The maximum Gasteiger partial charge on any atom is 0.0587 e. The lowest BCUT2D eigenvalue weighted by atomic mass is 10.2. The largest absolute Gasteiger partial charge is 0.383 e. The fraction of sp³-hybridized carbons (Fsp3) is 0.727. The van der Waals surface area contributed by atoms with Crippen LogP contribution in [0.1, 0.15) is 19.5 Å². The van der Waals surface area contributed by atoms with Gasteiger partial charge in [-0.25, -0.2) is 0 Å². The van der Waals surface area contributed by atoms with E-state index in [4.69, 9.17) is 4.74 Å². The van der Waals surface area contributed by atoms with Gasteiger partial charge in [-0.15, -0.1) is 12.4 Å². The highest BCUT2D eigenvalue weighted by molar-refractivity contribution is 5.85. The van der Waals surface area contributed by atoms with Crippen LogP contribution < -0.4 is 5.32 Å². The topological polar surface area (TPSA) is 39.1 Å². The maximum absolute atomic E-state index is 4.97. The van der Waals surface area contributed by atoms with Gasteiger partial charge in [0.2, 0.25) is 0 Å². The minimum atomic E-state index is 0. The molecular formula is C11H22ClN3O. The zero-order valence-corrected chi connectivity index (χ0v) is 11.1. The van der Waals surface area contributed by atoms with Gasteiger partial charge < -0.3 is 10.1 Å². The molecule has 0 aliphatic carbocycles. The van der Waals surface area contributed by atoms with Crippen LogP contribution in [0.5, 0.6) is 0 Å². The molecule has 0 saturated heterocycles. The quantitative estimate of drug-likeness (QED) is 0.746. The molecule has 0 aromatic carbocycles. The van der Waals surface area contributed by atoms with Gasteiger partial charge in [0.1, 0.15) is 0 Å². The smallest absolute Gasteiger partial charge is 0.0587 e.